The number of anilines is 3. The zero-order chi connectivity index (χ0) is 23.9. The molecule has 11 heteroatoms. The van der Waals surface area contributed by atoms with Crippen LogP contribution in [0.15, 0.2) is 72.0 Å². The van der Waals surface area contributed by atoms with Crippen LogP contribution < -0.4 is 11.1 Å². The van der Waals surface area contributed by atoms with E-state index in [1.54, 1.807) is 36.2 Å². The van der Waals surface area contributed by atoms with E-state index < -0.39 is 4.92 Å². The minimum atomic E-state index is -0.401. The fraction of sp³-hybridized carbons (Fsp3) is 0.0833. The maximum Gasteiger partial charge on any atom is 0.270 e. The minimum Gasteiger partial charge on any atom is -0.384 e. The van der Waals surface area contributed by atoms with Gasteiger partial charge in [0.1, 0.15) is 5.82 Å². The van der Waals surface area contributed by atoms with Crippen molar-refractivity contribution < 1.29 is 4.92 Å². The van der Waals surface area contributed by atoms with Crippen LogP contribution >= 0.6 is 11.8 Å². The monoisotopic (exact) mass is 482 g/mol. The predicted octanol–water partition coefficient (Wildman–Crippen LogP) is 4.90. The number of hydrogen-bond donors (Lipinski definition) is 2. The summed E-state index contributed by atoms with van der Waals surface area (Å²) in [7, 11) is 0. The van der Waals surface area contributed by atoms with Crippen molar-refractivity contribution in [2.24, 2.45) is 0 Å². The van der Waals surface area contributed by atoms with E-state index in [4.69, 9.17) is 15.7 Å². The lowest BCUT2D eigenvalue weighted by molar-refractivity contribution is -0.384. The van der Waals surface area contributed by atoms with Gasteiger partial charge in [-0.05, 0) is 36.4 Å². The molecular weight excluding hydrogens is 464 g/mol. The maximum absolute atomic E-state index is 11.3. The van der Waals surface area contributed by atoms with Gasteiger partial charge in [0.2, 0.25) is 5.95 Å². The first kappa shape index (κ1) is 21.1. The van der Waals surface area contributed by atoms with Crippen LogP contribution in [-0.2, 0) is 6.54 Å². The molecule has 0 atom stereocenters. The topological polar surface area (TPSA) is 138 Å². The van der Waals surface area contributed by atoms with Crippen molar-refractivity contribution >= 4 is 45.8 Å². The van der Waals surface area contributed by atoms with Gasteiger partial charge in [0, 0.05) is 47.3 Å². The molecule has 0 aliphatic carbocycles. The highest BCUT2D eigenvalue weighted by Gasteiger charge is 2.25. The molecule has 5 aromatic rings. The van der Waals surface area contributed by atoms with Gasteiger partial charge in [-0.2, -0.15) is 0 Å². The summed E-state index contributed by atoms with van der Waals surface area (Å²) in [6, 6.07) is 17.8. The molecule has 1 aliphatic heterocycles. The lowest BCUT2D eigenvalue weighted by Crippen LogP contribution is -2.02. The van der Waals surface area contributed by atoms with E-state index in [0.29, 0.717) is 28.7 Å². The largest absolute Gasteiger partial charge is 0.384 e. The van der Waals surface area contributed by atoms with Crippen molar-refractivity contribution in [2.45, 2.75) is 11.7 Å². The van der Waals surface area contributed by atoms with E-state index >= 15 is 0 Å². The molecule has 0 fully saturated rings. The highest BCUT2D eigenvalue weighted by atomic mass is 32.2. The third-order valence-electron chi connectivity index (χ3n) is 5.67. The summed E-state index contributed by atoms with van der Waals surface area (Å²) < 4.78 is 2.11. The zero-order valence-corrected chi connectivity index (χ0v) is 19.1. The van der Waals surface area contributed by atoms with Gasteiger partial charge in [-0.3, -0.25) is 10.1 Å². The molecule has 0 unspecified atom stereocenters. The Morgan fingerprint density at radius 1 is 1.06 bits per heavy atom. The van der Waals surface area contributed by atoms with Gasteiger partial charge in [-0.15, -0.1) is 0 Å². The number of nitrogens with two attached hydrogens (primary N) is 1. The molecule has 2 aromatic carbocycles. The number of nitrogen functional groups attached to an aromatic ring is 1. The summed E-state index contributed by atoms with van der Waals surface area (Å²) >= 11 is 1.66. The van der Waals surface area contributed by atoms with E-state index in [0.717, 1.165) is 39.7 Å². The lowest BCUT2D eigenvalue weighted by Gasteiger charge is -2.10. The summed E-state index contributed by atoms with van der Waals surface area (Å²) in [5, 5.41) is 16.4. The zero-order valence-electron chi connectivity index (χ0n) is 18.3. The van der Waals surface area contributed by atoms with Crippen LogP contribution in [0.2, 0.25) is 0 Å². The Bertz CT molecular complexity index is 1620. The highest BCUT2D eigenvalue weighted by molar-refractivity contribution is 7.99. The van der Waals surface area contributed by atoms with Gasteiger partial charge >= 0.3 is 0 Å². The Morgan fingerprint density at radius 2 is 1.97 bits per heavy atom. The SMILES string of the molecule is Nc1ccc2cc(Nc3nccc(-c4c(-c5cccc([N+](=O)[O-])c5)nc5n4CCS5)n3)ccc2n1. The number of non-ortho nitro benzene ring substituents is 1. The van der Waals surface area contributed by atoms with Gasteiger partial charge in [-0.1, -0.05) is 23.9 Å². The normalized spacial score (nSPS) is 12.6. The van der Waals surface area contributed by atoms with E-state index in [9.17, 15) is 10.1 Å². The fourth-order valence-corrected chi connectivity index (χ4v) is 5.06. The molecule has 0 spiro atoms. The predicted molar refractivity (Wildman–Crippen MR) is 136 cm³/mol. The number of thioether (sulfide) groups is 1. The highest BCUT2D eigenvalue weighted by Crippen LogP contribution is 2.39. The number of fused-ring (bicyclic) bond motifs is 2. The number of benzene rings is 2. The molecule has 1 aliphatic rings. The first-order chi connectivity index (χ1) is 17.0. The maximum atomic E-state index is 11.3. The van der Waals surface area contributed by atoms with Crippen LogP contribution in [0.4, 0.5) is 23.1 Å². The van der Waals surface area contributed by atoms with Crippen LogP contribution in [0, 0.1) is 10.1 Å². The second-order valence-corrected chi connectivity index (χ2v) is 9.00. The van der Waals surface area contributed by atoms with Crippen molar-refractivity contribution in [3.63, 3.8) is 0 Å². The van der Waals surface area contributed by atoms with Crippen LogP contribution in [0.1, 0.15) is 0 Å². The van der Waals surface area contributed by atoms with E-state index in [1.807, 2.05) is 36.4 Å². The van der Waals surface area contributed by atoms with Gasteiger partial charge in [0.15, 0.2) is 5.16 Å². The molecule has 0 amide bonds. The smallest absolute Gasteiger partial charge is 0.270 e. The van der Waals surface area contributed by atoms with Gasteiger partial charge in [0.25, 0.3) is 5.69 Å². The van der Waals surface area contributed by atoms with Crippen molar-refractivity contribution in [2.75, 3.05) is 16.8 Å². The number of nitro groups is 1. The third-order valence-corrected chi connectivity index (χ3v) is 6.63. The standard InChI is InChI=1S/C24H18N8O2S/c25-20-7-4-14-12-16(5-6-18(14)28-20)27-23-26-9-8-19(29-23)22-21(30-24-31(22)10-11-35-24)15-2-1-3-17(13-15)32(33)34/h1-9,12-13H,10-11H2,(H2,25,28)(H,26,27,29). The molecule has 0 radical (unpaired) electrons. The number of hydrogen-bond acceptors (Lipinski definition) is 9. The Labute approximate surface area is 203 Å². The molecule has 0 saturated heterocycles. The van der Waals surface area contributed by atoms with Crippen LogP contribution in [0.25, 0.3) is 33.5 Å². The van der Waals surface area contributed by atoms with E-state index in [2.05, 4.69) is 19.9 Å². The van der Waals surface area contributed by atoms with Crippen LogP contribution in [0.5, 0.6) is 0 Å². The number of nitrogens with zero attached hydrogens (tertiary/aromatic N) is 6. The third kappa shape index (κ3) is 3.91. The summed E-state index contributed by atoms with van der Waals surface area (Å²) in [6.07, 6.45) is 1.69. The number of imidazole rings is 1. The summed E-state index contributed by atoms with van der Waals surface area (Å²) in [4.78, 5) is 29.2. The average Bonchev–Trinajstić information content (AvgIpc) is 3.46. The molecule has 35 heavy (non-hydrogen) atoms. The van der Waals surface area contributed by atoms with Crippen molar-refractivity contribution in [3.8, 4) is 22.6 Å². The molecule has 4 heterocycles. The molecular formula is C24H18N8O2S. The molecule has 172 valence electrons. The number of nitrogens with one attached hydrogen (secondary N) is 1. The fourth-order valence-electron chi connectivity index (χ4n) is 4.10. The van der Waals surface area contributed by atoms with Gasteiger partial charge < -0.3 is 15.6 Å². The molecule has 10 nitrogen and oxygen atoms in total. The minimum absolute atomic E-state index is 0.0202. The van der Waals surface area contributed by atoms with E-state index in [-0.39, 0.29) is 5.69 Å². The van der Waals surface area contributed by atoms with Crippen molar-refractivity contribution in [1.29, 1.82) is 0 Å². The Morgan fingerprint density at radius 3 is 2.86 bits per heavy atom. The number of rotatable bonds is 5. The number of nitro benzene ring substituents is 1. The summed E-state index contributed by atoms with van der Waals surface area (Å²) in [5.41, 5.74) is 10.2. The molecule has 0 saturated carbocycles. The van der Waals surface area contributed by atoms with Gasteiger partial charge in [0.05, 0.1) is 27.5 Å². The second kappa shape index (κ2) is 8.37. The average molecular weight is 483 g/mol. The Kier molecular flexibility index (Phi) is 5.03. The molecule has 6 rings (SSSR count). The second-order valence-electron chi connectivity index (χ2n) is 7.93. The van der Waals surface area contributed by atoms with Crippen LogP contribution in [-0.4, -0.2) is 35.2 Å². The number of pyridine rings is 1. The Balaban J connectivity index is 1.40. The molecule has 0 bridgehead atoms. The number of aromatic nitrogens is 5. The summed E-state index contributed by atoms with van der Waals surface area (Å²) in [5.74, 6) is 1.81. The van der Waals surface area contributed by atoms with Gasteiger partial charge in [-0.25, -0.2) is 19.9 Å². The lowest BCUT2D eigenvalue weighted by atomic mass is 10.1. The molecule has 3 aromatic heterocycles. The van der Waals surface area contributed by atoms with E-state index in [1.165, 1.54) is 6.07 Å². The van der Waals surface area contributed by atoms with Crippen LogP contribution in [0.3, 0.4) is 0 Å². The van der Waals surface area contributed by atoms with Crippen molar-refractivity contribution in [1.82, 2.24) is 24.5 Å². The first-order valence-corrected chi connectivity index (χ1v) is 11.8. The van der Waals surface area contributed by atoms with Crippen molar-refractivity contribution in [3.05, 3.63) is 77.0 Å². The first-order valence-electron chi connectivity index (χ1n) is 10.8. The quantitative estimate of drug-likeness (QED) is 0.265. The summed E-state index contributed by atoms with van der Waals surface area (Å²) in [6.45, 7) is 0.783. The Hall–Kier alpha value is -4.51. The molecule has 3 N–H and O–H groups in total.